The van der Waals surface area contributed by atoms with Crippen molar-refractivity contribution < 1.29 is 14.7 Å². The molecule has 0 saturated carbocycles. The molecule has 1 aliphatic rings. The molecule has 2 heterocycles. The standard InChI is InChI=1S/C13H20N4O3/c1-13(2,3)10(11(18)19)15-12(20)17-7-6-16-5-4-14-9(16)8-17/h4-5,10H,6-8H2,1-3H3,(H,15,20)(H,18,19)/t10-/m1/s1. The van der Waals surface area contributed by atoms with Gasteiger partial charge in [-0.05, 0) is 5.41 Å². The van der Waals surface area contributed by atoms with Crippen molar-refractivity contribution in [2.45, 2.75) is 39.9 Å². The van der Waals surface area contributed by atoms with Crippen LogP contribution >= 0.6 is 0 Å². The monoisotopic (exact) mass is 280 g/mol. The number of carboxylic acid groups (broad SMARTS) is 1. The van der Waals surface area contributed by atoms with E-state index in [9.17, 15) is 14.7 Å². The highest BCUT2D eigenvalue weighted by molar-refractivity contribution is 5.83. The fraction of sp³-hybridized carbons (Fsp3) is 0.615. The van der Waals surface area contributed by atoms with E-state index >= 15 is 0 Å². The molecule has 20 heavy (non-hydrogen) atoms. The number of rotatable bonds is 2. The molecule has 2 rings (SSSR count). The molecule has 1 aliphatic heterocycles. The Kier molecular flexibility index (Phi) is 3.69. The highest BCUT2D eigenvalue weighted by Gasteiger charge is 2.34. The number of amides is 2. The molecule has 0 fully saturated rings. The first kappa shape index (κ1) is 14.4. The van der Waals surface area contributed by atoms with Crippen molar-refractivity contribution in [3.63, 3.8) is 0 Å². The van der Waals surface area contributed by atoms with Crippen molar-refractivity contribution in [1.82, 2.24) is 19.8 Å². The fourth-order valence-corrected chi connectivity index (χ4v) is 2.21. The van der Waals surface area contributed by atoms with E-state index in [0.717, 1.165) is 5.82 Å². The number of aromatic nitrogens is 2. The zero-order valence-corrected chi connectivity index (χ0v) is 12.0. The van der Waals surface area contributed by atoms with E-state index in [0.29, 0.717) is 19.6 Å². The lowest BCUT2D eigenvalue weighted by atomic mass is 9.87. The van der Waals surface area contributed by atoms with Gasteiger partial charge < -0.3 is 19.9 Å². The van der Waals surface area contributed by atoms with E-state index < -0.39 is 17.4 Å². The molecular weight excluding hydrogens is 260 g/mol. The zero-order valence-electron chi connectivity index (χ0n) is 12.0. The summed E-state index contributed by atoms with van der Waals surface area (Å²) >= 11 is 0. The molecule has 0 spiro atoms. The van der Waals surface area contributed by atoms with Gasteiger partial charge in [0.1, 0.15) is 11.9 Å². The van der Waals surface area contributed by atoms with Gasteiger partial charge in [0.2, 0.25) is 0 Å². The summed E-state index contributed by atoms with van der Waals surface area (Å²) in [4.78, 5) is 29.2. The van der Waals surface area contributed by atoms with Crippen LogP contribution < -0.4 is 5.32 Å². The molecule has 0 unspecified atom stereocenters. The predicted octanol–water partition coefficient (Wildman–Crippen LogP) is 0.908. The fourth-order valence-electron chi connectivity index (χ4n) is 2.21. The van der Waals surface area contributed by atoms with Crippen LogP contribution in [0, 0.1) is 5.41 Å². The number of aliphatic carboxylic acids is 1. The topological polar surface area (TPSA) is 87.5 Å². The predicted molar refractivity (Wildman–Crippen MR) is 72.0 cm³/mol. The Morgan fingerprint density at radius 3 is 2.70 bits per heavy atom. The average Bonchev–Trinajstić information content (AvgIpc) is 2.80. The summed E-state index contributed by atoms with van der Waals surface area (Å²) in [5, 5.41) is 11.8. The molecule has 2 N–H and O–H groups in total. The molecule has 7 heteroatoms. The quantitative estimate of drug-likeness (QED) is 0.843. The molecule has 110 valence electrons. The number of nitrogens with zero attached hydrogens (tertiary/aromatic N) is 3. The largest absolute Gasteiger partial charge is 0.480 e. The summed E-state index contributed by atoms with van der Waals surface area (Å²) in [6.07, 6.45) is 3.58. The first-order valence-electron chi connectivity index (χ1n) is 6.57. The second kappa shape index (κ2) is 5.15. The smallest absolute Gasteiger partial charge is 0.326 e. The van der Waals surface area contributed by atoms with Crippen molar-refractivity contribution in [2.75, 3.05) is 6.54 Å². The Morgan fingerprint density at radius 2 is 2.10 bits per heavy atom. The van der Waals surface area contributed by atoms with E-state index in [1.165, 1.54) is 0 Å². The third-order valence-electron chi connectivity index (χ3n) is 3.41. The van der Waals surface area contributed by atoms with Gasteiger partial charge >= 0.3 is 12.0 Å². The highest BCUT2D eigenvalue weighted by atomic mass is 16.4. The maximum absolute atomic E-state index is 12.2. The van der Waals surface area contributed by atoms with Gasteiger partial charge in [-0.1, -0.05) is 20.8 Å². The van der Waals surface area contributed by atoms with E-state index in [4.69, 9.17) is 0 Å². The highest BCUT2D eigenvalue weighted by Crippen LogP contribution is 2.20. The van der Waals surface area contributed by atoms with Crippen LogP contribution in [-0.4, -0.2) is 44.1 Å². The lowest BCUT2D eigenvalue weighted by Crippen LogP contribution is -2.54. The maximum Gasteiger partial charge on any atom is 0.326 e. The Balaban J connectivity index is 2.04. The number of hydrogen-bond acceptors (Lipinski definition) is 3. The summed E-state index contributed by atoms with van der Waals surface area (Å²) in [6.45, 7) is 6.98. The number of hydrogen-bond donors (Lipinski definition) is 2. The summed E-state index contributed by atoms with van der Waals surface area (Å²) in [6, 6.07) is -1.28. The number of carbonyl (C=O) groups excluding carboxylic acids is 1. The van der Waals surface area contributed by atoms with Gasteiger partial charge in [0.15, 0.2) is 0 Å². The van der Waals surface area contributed by atoms with Crippen molar-refractivity contribution in [2.24, 2.45) is 5.41 Å². The number of carbonyl (C=O) groups is 2. The lowest BCUT2D eigenvalue weighted by molar-refractivity contribution is -0.142. The normalized spacial score (nSPS) is 16.4. The van der Waals surface area contributed by atoms with Crippen LogP contribution in [0.5, 0.6) is 0 Å². The van der Waals surface area contributed by atoms with E-state index in [-0.39, 0.29) is 6.03 Å². The molecule has 0 aromatic carbocycles. The van der Waals surface area contributed by atoms with Crippen molar-refractivity contribution >= 4 is 12.0 Å². The minimum Gasteiger partial charge on any atom is -0.480 e. The van der Waals surface area contributed by atoms with Crippen LogP contribution in [-0.2, 0) is 17.9 Å². The SMILES string of the molecule is CC(C)(C)[C@H](NC(=O)N1CCn2ccnc2C1)C(=O)O. The van der Waals surface area contributed by atoms with Crippen molar-refractivity contribution in [1.29, 1.82) is 0 Å². The van der Waals surface area contributed by atoms with Crippen LogP contribution in [0.15, 0.2) is 12.4 Å². The lowest BCUT2D eigenvalue weighted by Gasteiger charge is -2.32. The Hall–Kier alpha value is -2.05. The van der Waals surface area contributed by atoms with Gasteiger partial charge in [0.25, 0.3) is 0 Å². The summed E-state index contributed by atoms with van der Waals surface area (Å²) < 4.78 is 1.99. The molecule has 2 amide bonds. The van der Waals surface area contributed by atoms with Crippen molar-refractivity contribution in [3.05, 3.63) is 18.2 Å². The van der Waals surface area contributed by atoms with Crippen LogP contribution in [0.3, 0.4) is 0 Å². The van der Waals surface area contributed by atoms with E-state index in [1.807, 2.05) is 10.8 Å². The van der Waals surface area contributed by atoms with Crippen LogP contribution in [0.4, 0.5) is 4.79 Å². The van der Waals surface area contributed by atoms with Gasteiger partial charge in [-0.25, -0.2) is 14.6 Å². The van der Waals surface area contributed by atoms with E-state index in [1.54, 1.807) is 31.9 Å². The summed E-state index contributed by atoms with van der Waals surface area (Å²) in [5.74, 6) is -0.210. The second-order valence-electron chi connectivity index (χ2n) is 6.05. The number of nitrogens with one attached hydrogen (secondary N) is 1. The second-order valence-corrected chi connectivity index (χ2v) is 6.05. The zero-order chi connectivity index (χ0) is 14.9. The number of urea groups is 1. The first-order chi connectivity index (χ1) is 9.29. The average molecular weight is 280 g/mol. The molecule has 1 aromatic rings. The molecule has 0 saturated heterocycles. The number of carboxylic acids is 1. The molecule has 0 radical (unpaired) electrons. The molecular formula is C13H20N4O3. The Morgan fingerprint density at radius 1 is 1.40 bits per heavy atom. The number of fused-ring (bicyclic) bond motifs is 1. The molecule has 1 atom stereocenters. The summed E-state index contributed by atoms with van der Waals surface area (Å²) in [5.41, 5.74) is -0.546. The maximum atomic E-state index is 12.2. The van der Waals surface area contributed by atoms with Crippen LogP contribution in [0.2, 0.25) is 0 Å². The van der Waals surface area contributed by atoms with Crippen LogP contribution in [0.25, 0.3) is 0 Å². The molecule has 0 bridgehead atoms. The minimum atomic E-state index is -1.02. The molecule has 0 aliphatic carbocycles. The van der Waals surface area contributed by atoms with Crippen LogP contribution in [0.1, 0.15) is 26.6 Å². The van der Waals surface area contributed by atoms with Gasteiger partial charge in [-0.15, -0.1) is 0 Å². The first-order valence-corrected chi connectivity index (χ1v) is 6.57. The molecule has 1 aromatic heterocycles. The summed E-state index contributed by atoms with van der Waals surface area (Å²) in [7, 11) is 0. The Bertz CT molecular complexity index is 518. The van der Waals surface area contributed by atoms with Gasteiger partial charge in [-0.2, -0.15) is 0 Å². The Labute approximate surface area is 117 Å². The van der Waals surface area contributed by atoms with Gasteiger partial charge in [0, 0.05) is 25.5 Å². The van der Waals surface area contributed by atoms with Crippen molar-refractivity contribution in [3.8, 4) is 0 Å². The number of imidazole rings is 1. The van der Waals surface area contributed by atoms with Gasteiger partial charge in [-0.3, -0.25) is 0 Å². The minimum absolute atomic E-state index is 0.360. The van der Waals surface area contributed by atoms with Gasteiger partial charge in [0.05, 0.1) is 6.54 Å². The third-order valence-corrected chi connectivity index (χ3v) is 3.41. The van der Waals surface area contributed by atoms with E-state index in [2.05, 4.69) is 10.3 Å². The third kappa shape index (κ3) is 2.92. The molecule has 7 nitrogen and oxygen atoms in total.